The Morgan fingerprint density at radius 1 is 0.700 bits per heavy atom. The Bertz CT molecular complexity index is 1270. The lowest BCUT2D eigenvalue weighted by Gasteiger charge is -2.17. The Hall–Kier alpha value is -3.31. The van der Waals surface area contributed by atoms with Crippen molar-refractivity contribution in [2.45, 2.75) is 11.3 Å². The van der Waals surface area contributed by atoms with E-state index in [0.29, 0.717) is 11.1 Å². The van der Waals surface area contributed by atoms with Crippen LogP contribution in [-0.4, -0.2) is 22.5 Å². The van der Waals surface area contributed by atoms with Gasteiger partial charge in [-0.1, -0.05) is 66.7 Å². The summed E-state index contributed by atoms with van der Waals surface area (Å²) in [4.78, 5) is 2.26. The van der Waals surface area contributed by atoms with Crippen molar-refractivity contribution in [3.8, 4) is 0 Å². The van der Waals surface area contributed by atoms with Crippen LogP contribution >= 0.6 is 0 Å². The topological polar surface area (TPSA) is 49.4 Å². The first kappa shape index (κ1) is 20.0. The van der Waals surface area contributed by atoms with E-state index in [2.05, 4.69) is 16.9 Å². The standard InChI is InChI=1S/C25H24N2O2S/c1-27(2)24-12-6-11-23-22(24)10-7-13-25(23)30(28,29)26-21-16-14-20(15-17-21)18-19-8-4-3-5-9-19/h3-17,26H,18H2,1-2H3. The Labute approximate surface area is 177 Å². The van der Waals surface area contributed by atoms with Crippen LogP contribution in [0.1, 0.15) is 11.1 Å². The number of sulfonamides is 1. The van der Waals surface area contributed by atoms with Crippen LogP contribution in [0, 0.1) is 0 Å². The summed E-state index contributed by atoms with van der Waals surface area (Å²) in [6.07, 6.45) is 0.810. The van der Waals surface area contributed by atoms with Crippen molar-refractivity contribution in [3.63, 3.8) is 0 Å². The maximum absolute atomic E-state index is 13.1. The number of benzene rings is 4. The third-order valence-corrected chi connectivity index (χ3v) is 6.53. The van der Waals surface area contributed by atoms with Gasteiger partial charge in [0.25, 0.3) is 10.0 Å². The summed E-state index contributed by atoms with van der Waals surface area (Å²) >= 11 is 0. The van der Waals surface area contributed by atoms with Crippen LogP contribution in [-0.2, 0) is 16.4 Å². The van der Waals surface area contributed by atoms with Gasteiger partial charge in [-0.3, -0.25) is 4.72 Å². The van der Waals surface area contributed by atoms with Crippen LogP contribution < -0.4 is 9.62 Å². The van der Waals surface area contributed by atoms with Crippen molar-refractivity contribution in [2.24, 2.45) is 0 Å². The predicted molar refractivity (Wildman–Crippen MR) is 125 cm³/mol. The summed E-state index contributed by atoms with van der Waals surface area (Å²) in [5.74, 6) is 0. The van der Waals surface area contributed by atoms with E-state index in [9.17, 15) is 8.42 Å². The number of nitrogens with one attached hydrogen (secondary N) is 1. The molecule has 5 heteroatoms. The van der Waals surface area contributed by atoms with Gasteiger partial charge in [-0.2, -0.15) is 0 Å². The van der Waals surface area contributed by atoms with Gasteiger partial charge in [0.15, 0.2) is 0 Å². The number of rotatable bonds is 6. The molecule has 4 aromatic carbocycles. The molecular weight excluding hydrogens is 392 g/mol. The van der Waals surface area contributed by atoms with E-state index in [1.54, 1.807) is 12.1 Å². The molecule has 0 aliphatic carbocycles. The second-order valence-electron chi connectivity index (χ2n) is 7.49. The molecule has 4 rings (SSSR count). The molecule has 0 fully saturated rings. The molecule has 0 heterocycles. The fourth-order valence-corrected chi connectivity index (χ4v) is 4.90. The maximum Gasteiger partial charge on any atom is 0.262 e. The molecule has 0 bridgehead atoms. The Morgan fingerprint density at radius 3 is 2.03 bits per heavy atom. The van der Waals surface area contributed by atoms with E-state index < -0.39 is 10.0 Å². The summed E-state index contributed by atoms with van der Waals surface area (Å²) in [5, 5.41) is 1.61. The fourth-order valence-electron chi connectivity index (χ4n) is 3.62. The highest BCUT2D eigenvalue weighted by Crippen LogP contribution is 2.31. The third-order valence-electron chi connectivity index (χ3n) is 5.09. The number of hydrogen-bond donors (Lipinski definition) is 1. The van der Waals surface area contributed by atoms with Crippen molar-refractivity contribution < 1.29 is 8.42 Å². The molecule has 1 N–H and O–H groups in total. The lowest BCUT2D eigenvalue weighted by molar-refractivity contribution is 0.602. The molecule has 0 saturated heterocycles. The minimum absolute atomic E-state index is 0.275. The third kappa shape index (κ3) is 4.16. The SMILES string of the molecule is CN(C)c1cccc2c(S(=O)(=O)Nc3ccc(Cc4ccccc4)cc3)cccc12. The molecule has 0 aromatic heterocycles. The van der Waals surface area contributed by atoms with Crippen LogP contribution in [0.5, 0.6) is 0 Å². The van der Waals surface area contributed by atoms with Gasteiger partial charge in [0.1, 0.15) is 0 Å². The van der Waals surface area contributed by atoms with Gasteiger partial charge in [-0.25, -0.2) is 8.42 Å². The zero-order chi connectivity index (χ0) is 21.1. The minimum atomic E-state index is -3.72. The van der Waals surface area contributed by atoms with Crippen molar-refractivity contribution in [1.82, 2.24) is 0 Å². The molecule has 4 aromatic rings. The van der Waals surface area contributed by atoms with E-state index in [1.165, 1.54) is 5.56 Å². The summed E-state index contributed by atoms with van der Waals surface area (Å²) in [7, 11) is 0.177. The van der Waals surface area contributed by atoms with E-state index in [0.717, 1.165) is 23.1 Å². The number of nitrogens with zero attached hydrogens (tertiary/aromatic N) is 1. The van der Waals surface area contributed by atoms with E-state index >= 15 is 0 Å². The van der Waals surface area contributed by atoms with Crippen molar-refractivity contribution >= 4 is 32.2 Å². The van der Waals surface area contributed by atoms with E-state index in [4.69, 9.17) is 0 Å². The monoisotopic (exact) mass is 416 g/mol. The van der Waals surface area contributed by atoms with E-state index in [-0.39, 0.29) is 4.90 Å². The maximum atomic E-state index is 13.1. The van der Waals surface area contributed by atoms with Crippen LogP contribution in [0.15, 0.2) is 95.9 Å². The molecule has 0 radical (unpaired) electrons. The molecule has 0 unspecified atom stereocenters. The smallest absolute Gasteiger partial charge is 0.262 e. The molecule has 0 aliphatic rings. The van der Waals surface area contributed by atoms with Crippen LogP contribution in [0.3, 0.4) is 0 Å². The van der Waals surface area contributed by atoms with Gasteiger partial charge in [0, 0.05) is 36.2 Å². The normalized spacial score (nSPS) is 11.4. The summed E-state index contributed by atoms with van der Waals surface area (Å²) in [6, 6.07) is 28.8. The van der Waals surface area contributed by atoms with Crippen LogP contribution in [0.4, 0.5) is 11.4 Å². The molecule has 4 nitrogen and oxygen atoms in total. The van der Waals surface area contributed by atoms with Gasteiger partial charge in [-0.05, 0) is 41.8 Å². The molecule has 0 spiro atoms. The van der Waals surface area contributed by atoms with E-state index in [1.807, 2.05) is 85.7 Å². The highest BCUT2D eigenvalue weighted by Gasteiger charge is 2.18. The van der Waals surface area contributed by atoms with Gasteiger partial charge in [0.2, 0.25) is 0 Å². The highest BCUT2D eigenvalue weighted by molar-refractivity contribution is 7.93. The average Bonchev–Trinajstić information content (AvgIpc) is 2.74. The summed E-state index contributed by atoms with van der Waals surface area (Å²) in [6.45, 7) is 0. The van der Waals surface area contributed by atoms with Crippen molar-refractivity contribution in [3.05, 3.63) is 102 Å². The molecule has 152 valence electrons. The second-order valence-corrected chi connectivity index (χ2v) is 9.14. The Morgan fingerprint density at radius 2 is 1.33 bits per heavy atom. The van der Waals surface area contributed by atoms with Crippen molar-refractivity contribution in [2.75, 3.05) is 23.7 Å². The lowest BCUT2D eigenvalue weighted by atomic mass is 10.1. The first-order valence-electron chi connectivity index (χ1n) is 9.79. The van der Waals surface area contributed by atoms with Crippen LogP contribution in [0.25, 0.3) is 10.8 Å². The van der Waals surface area contributed by atoms with Crippen molar-refractivity contribution in [1.29, 1.82) is 0 Å². The predicted octanol–water partition coefficient (Wildman–Crippen LogP) is 5.30. The number of anilines is 2. The number of hydrogen-bond acceptors (Lipinski definition) is 3. The largest absolute Gasteiger partial charge is 0.377 e. The van der Waals surface area contributed by atoms with Crippen LogP contribution in [0.2, 0.25) is 0 Å². The molecule has 0 amide bonds. The fraction of sp³-hybridized carbons (Fsp3) is 0.120. The highest BCUT2D eigenvalue weighted by atomic mass is 32.2. The second kappa shape index (κ2) is 8.20. The Kier molecular flexibility index (Phi) is 5.46. The summed E-state index contributed by atoms with van der Waals surface area (Å²) in [5.41, 5.74) is 3.88. The molecule has 0 aliphatic heterocycles. The lowest BCUT2D eigenvalue weighted by Crippen LogP contribution is -2.14. The van der Waals surface area contributed by atoms with Gasteiger partial charge < -0.3 is 4.90 Å². The zero-order valence-electron chi connectivity index (χ0n) is 17.0. The molecular formula is C25H24N2O2S. The molecule has 0 atom stereocenters. The van der Waals surface area contributed by atoms with Gasteiger partial charge in [0.05, 0.1) is 4.90 Å². The first-order valence-corrected chi connectivity index (χ1v) is 11.3. The van der Waals surface area contributed by atoms with Gasteiger partial charge >= 0.3 is 0 Å². The number of fused-ring (bicyclic) bond motifs is 1. The summed E-state index contributed by atoms with van der Waals surface area (Å²) < 4.78 is 29.0. The molecule has 30 heavy (non-hydrogen) atoms. The average molecular weight is 417 g/mol. The van der Waals surface area contributed by atoms with Gasteiger partial charge in [-0.15, -0.1) is 0 Å². The Balaban J connectivity index is 1.61. The molecule has 0 saturated carbocycles. The zero-order valence-corrected chi connectivity index (χ0v) is 17.9. The quantitative estimate of drug-likeness (QED) is 0.464. The first-order chi connectivity index (χ1) is 14.4. The minimum Gasteiger partial charge on any atom is -0.377 e.